The van der Waals surface area contributed by atoms with E-state index in [0.29, 0.717) is 40.0 Å². The number of hydrogen-bond donors (Lipinski definition) is 1. The van der Waals surface area contributed by atoms with Gasteiger partial charge in [-0.15, -0.1) is 16.8 Å². The first-order valence-corrected chi connectivity index (χ1v) is 12.6. The maximum Gasteiger partial charge on any atom is 0.235 e. The highest BCUT2D eigenvalue weighted by Gasteiger charge is 2.27. The summed E-state index contributed by atoms with van der Waals surface area (Å²) in [5.74, 6) is 1.27. The molecule has 0 aliphatic heterocycles. The lowest BCUT2D eigenvalue weighted by Crippen LogP contribution is -2.20. The van der Waals surface area contributed by atoms with Crippen molar-refractivity contribution in [1.82, 2.24) is 19.3 Å². The summed E-state index contributed by atoms with van der Waals surface area (Å²) >= 11 is 7.32. The van der Waals surface area contributed by atoms with E-state index in [1.54, 1.807) is 18.2 Å². The molecule has 34 heavy (non-hydrogen) atoms. The second-order valence-electron chi connectivity index (χ2n) is 8.40. The summed E-state index contributed by atoms with van der Waals surface area (Å²) < 4.78 is 4.08. The molecule has 1 saturated carbocycles. The minimum absolute atomic E-state index is 0.148. The van der Waals surface area contributed by atoms with E-state index in [9.17, 15) is 10.1 Å². The minimum atomic E-state index is -0.181. The van der Waals surface area contributed by atoms with Crippen molar-refractivity contribution in [3.63, 3.8) is 0 Å². The number of nitrogens with zero attached hydrogens (tertiary/aromatic N) is 5. The Hall–Kier alpha value is -3.02. The summed E-state index contributed by atoms with van der Waals surface area (Å²) in [5.41, 5.74) is 3.40. The normalized spacial score (nSPS) is 13.7. The maximum atomic E-state index is 13.0. The molecule has 0 saturated heterocycles. The summed E-state index contributed by atoms with van der Waals surface area (Å²) in [6, 6.07) is 10.00. The van der Waals surface area contributed by atoms with E-state index in [1.807, 2.05) is 30.5 Å². The molecule has 0 bridgehead atoms. The van der Waals surface area contributed by atoms with Crippen LogP contribution in [0.3, 0.4) is 0 Å². The SMILES string of the molecule is C=CCn1c(SCC(=O)Nc2c(C#N)c(C)c(C)n2C2CCCC2)nnc1-c1ccc(Cl)cc1. The number of nitrogens with one attached hydrogen (secondary N) is 1. The van der Waals surface area contributed by atoms with Gasteiger partial charge < -0.3 is 9.88 Å². The first kappa shape index (κ1) is 24.1. The minimum Gasteiger partial charge on any atom is -0.327 e. The van der Waals surface area contributed by atoms with Crippen molar-refractivity contribution in [2.75, 3.05) is 11.1 Å². The zero-order valence-corrected chi connectivity index (χ0v) is 20.9. The smallest absolute Gasteiger partial charge is 0.235 e. The molecule has 1 aromatic carbocycles. The molecule has 0 spiro atoms. The highest BCUT2D eigenvalue weighted by atomic mass is 35.5. The number of hydrogen-bond acceptors (Lipinski definition) is 5. The lowest BCUT2D eigenvalue weighted by molar-refractivity contribution is -0.113. The van der Waals surface area contributed by atoms with Gasteiger partial charge in [-0.05, 0) is 56.5 Å². The number of carbonyl (C=O) groups excluding carboxylic acids is 1. The molecule has 0 radical (unpaired) electrons. The number of thioether (sulfide) groups is 1. The monoisotopic (exact) mass is 494 g/mol. The van der Waals surface area contributed by atoms with Gasteiger partial charge in [0.05, 0.1) is 11.3 Å². The Morgan fingerprint density at radius 3 is 2.65 bits per heavy atom. The van der Waals surface area contributed by atoms with Gasteiger partial charge in [0.15, 0.2) is 11.0 Å². The summed E-state index contributed by atoms with van der Waals surface area (Å²) in [6.45, 7) is 8.31. The van der Waals surface area contributed by atoms with Crippen LogP contribution in [0.1, 0.15) is 48.5 Å². The van der Waals surface area contributed by atoms with Crippen molar-refractivity contribution in [3.8, 4) is 17.5 Å². The molecule has 176 valence electrons. The molecular weight excluding hydrogens is 468 g/mol. The third-order valence-electron chi connectivity index (χ3n) is 6.28. The second kappa shape index (κ2) is 10.5. The molecule has 0 unspecified atom stereocenters. The Bertz CT molecular complexity index is 1250. The van der Waals surface area contributed by atoms with Crippen LogP contribution >= 0.6 is 23.4 Å². The summed E-state index contributed by atoms with van der Waals surface area (Å²) in [7, 11) is 0. The van der Waals surface area contributed by atoms with Crippen LogP contribution in [0.5, 0.6) is 0 Å². The van der Waals surface area contributed by atoms with Gasteiger partial charge in [-0.25, -0.2) is 0 Å². The van der Waals surface area contributed by atoms with Crippen LogP contribution in [-0.4, -0.2) is 31.0 Å². The largest absolute Gasteiger partial charge is 0.327 e. The van der Waals surface area contributed by atoms with Crippen molar-refractivity contribution in [2.24, 2.45) is 0 Å². The van der Waals surface area contributed by atoms with E-state index in [1.165, 1.54) is 24.6 Å². The molecule has 7 nitrogen and oxygen atoms in total. The Labute approximate surface area is 208 Å². The topological polar surface area (TPSA) is 88.5 Å². The number of aromatic nitrogens is 4. The highest BCUT2D eigenvalue weighted by Crippen LogP contribution is 2.38. The van der Waals surface area contributed by atoms with Crippen LogP contribution in [0.25, 0.3) is 11.4 Å². The van der Waals surface area contributed by atoms with Crippen LogP contribution in [0.15, 0.2) is 42.1 Å². The Morgan fingerprint density at radius 2 is 2.00 bits per heavy atom. The van der Waals surface area contributed by atoms with Crippen LogP contribution in [0.2, 0.25) is 5.02 Å². The second-order valence-corrected chi connectivity index (χ2v) is 9.78. The van der Waals surface area contributed by atoms with E-state index >= 15 is 0 Å². The Kier molecular flexibility index (Phi) is 7.44. The number of rotatable bonds is 8. The predicted octanol–water partition coefficient (Wildman–Crippen LogP) is 5.92. The predicted molar refractivity (Wildman–Crippen MR) is 136 cm³/mol. The van der Waals surface area contributed by atoms with Crippen LogP contribution in [0, 0.1) is 25.2 Å². The van der Waals surface area contributed by atoms with E-state index in [0.717, 1.165) is 29.7 Å². The van der Waals surface area contributed by atoms with E-state index in [4.69, 9.17) is 11.6 Å². The molecule has 1 amide bonds. The number of anilines is 1. The first-order chi connectivity index (χ1) is 16.4. The van der Waals surface area contributed by atoms with Crippen molar-refractivity contribution in [3.05, 3.63) is 58.8 Å². The van der Waals surface area contributed by atoms with Gasteiger partial charge in [0.1, 0.15) is 11.9 Å². The van der Waals surface area contributed by atoms with E-state index in [2.05, 4.69) is 32.7 Å². The fourth-order valence-electron chi connectivity index (χ4n) is 4.51. The molecule has 2 heterocycles. The van der Waals surface area contributed by atoms with Gasteiger partial charge in [-0.1, -0.05) is 42.3 Å². The van der Waals surface area contributed by atoms with Crippen molar-refractivity contribution < 1.29 is 4.79 Å². The number of nitriles is 1. The van der Waals surface area contributed by atoms with Gasteiger partial charge in [-0.2, -0.15) is 5.26 Å². The molecule has 9 heteroatoms. The Balaban J connectivity index is 1.53. The molecule has 0 atom stereocenters. The van der Waals surface area contributed by atoms with Gasteiger partial charge in [0.25, 0.3) is 0 Å². The average molecular weight is 495 g/mol. The molecule has 4 rings (SSSR count). The maximum absolute atomic E-state index is 13.0. The summed E-state index contributed by atoms with van der Waals surface area (Å²) in [6.07, 6.45) is 6.24. The van der Waals surface area contributed by atoms with Crippen molar-refractivity contribution in [1.29, 1.82) is 5.26 Å². The zero-order valence-electron chi connectivity index (χ0n) is 19.3. The molecule has 1 N–H and O–H groups in total. The molecule has 2 aromatic heterocycles. The van der Waals surface area contributed by atoms with Gasteiger partial charge >= 0.3 is 0 Å². The Morgan fingerprint density at radius 1 is 1.29 bits per heavy atom. The third kappa shape index (κ3) is 4.77. The number of halogens is 1. The highest BCUT2D eigenvalue weighted by molar-refractivity contribution is 7.99. The summed E-state index contributed by atoms with van der Waals surface area (Å²) in [5, 5.41) is 22.7. The summed E-state index contributed by atoms with van der Waals surface area (Å²) in [4.78, 5) is 13.0. The fourth-order valence-corrected chi connectivity index (χ4v) is 5.38. The fraction of sp³-hybridized carbons (Fsp3) is 0.360. The molecule has 1 aliphatic rings. The lowest BCUT2D eigenvalue weighted by Gasteiger charge is -2.19. The third-order valence-corrected chi connectivity index (χ3v) is 7.50. The van der Waals surface area contributed by atoms with E-state index in [-0.39, 0.29) is 11.7 Å². The number of benzene rings is 1. The quantitative estimate of drug-likeness (QED) is 0.310. The van der Waals surface area contributed by atoms with Gasteiger partial charge in [-0.3, -0.25) is 9.36 Å². The standard InChI is InChI=1S/C25H27ClN6OS/c1-4-13-31-23(18-9-11-19(26)12-10-18)29-30-25(31)34-15-22(33)28-24-21(14-27)16(2)17(3)32(24)20-7-5-6-8-20/h4,9-12,20H,1,5-8,13,15H2,2-3H3,(H,28,33). The molecular formula is C25H27ClN6OS. The van der Waals surface area contributed by atoms with Gasteiger partial charge in [0, 0.05) is 28.9 Å². The van der Waals surface area contributed by atoms with Crippen LogP contribution < -0.4 is 5.32 Å². The number of amides is 1. The van der Waals surface area contributed by atoms with Crippen LogP contribution in [0.4, 0.5) is 5.82 Å². The molecule has 1 fully saturated rings. The van der Waals surface area contributed by atoms with Crippen molar-refractivity contribution in [2.45, 2.75) is 57.3 Å². The number of carbonyl (C=O) groups is 1. The lowest BCUT2D eigenvalue weighted by atomic mass is 10.2. The first-order valence-electron chi connectivity index (χ1n) is 11.3. The molecule has 3 aromatic rings. The van der Waals surface area contributed by atoms with Gasteiger partial charge in [0.2, 0.25) is 5.91 Å². The number of allylic oxidation sites excluding steroid dienone is 1. The van der Waals surface area contributed by atoms with E-state index < -0.39 is 0 Å². The van der Waals surface area contributed by atoms with Crippen LogP contribution in [-0.2, 0) is 11.3 Å². The zero-order chi connectivity index (χ0) is 24.2. The van der Waals surface area contributed by atoms with Crippen molar-refractivity contribution >= 4 is 35.1 Å². The average Bonchev–Trinajstić information content (AvgIpc) is 3.54. The molecule has 1 aliphatic carbocycles.